The van der Waals surface area contributed by atoms with Crippen LogP contribution in [0.3, 0.4) is 0 Å². The van der Waals surface area contributed by atoms with Crippen LogP contribution in [0.5, 0.6) is 0 Å². The molecule has 34 heavy (non-hydrogen) atoms. The number of carbonyl (C=O) groups excluding carboxylic acids is 2. The third-order valence-electron chi connectivity index (χ3n) is 5.85. The van der Waals surface area contributed by atoms with Crippen LogP contribution in [0.15, 0.2) is 12.3 Å². The molecular weight excluding hydrogens is 424 g/mol. The molecular formula is C29H56N2O3. The van der Waals surface area contributed by atoms with E-state index in [4.69, 9.17) is 4.74 Å². The first-order chi connectivity index (χ1) is 16.3. The normalized spacial score (nSPS) is 11.7. The molecule has 0 bridgehead atoms. The third kappa shape index (κ3) is 22.3. The fourth-order valence-corrected chi connectivity index (χ4v) is 3.87. The zero-order chi connectivity index (χ0) is 25.5. The monoisotopic (exact) mass is 480 g/mol. The van der Waals surface area contributed by atoms with Crippen molar-refractivity contribution in [2.45, 2.75) is 162 Å². The summed E-state index contributed by atoms with van der Waals surface area (Å²) in [6, 6.07) is 0. The second kappa shape index (κ2) is 22.0. The molecule has 0 aromatic heterocycles. The number of rotatable bonds is 20. The molecule has 0 aliphatic rings. The van der Waals surface area contributed by atoms with E-state index in [2.05, 4.69) is 19.3 Å². The minimum atomic E-state index is -0.600. The largest absolute Gasteiger partial charge is 0.443 e. The molecule has 0 aliphatic carbocycles. The van der Waals surface area contributed by atoms with Gasteiger partial charge in [-0.15, -0.1) is 0 Å². The average Bonchev–Trinajstić information content (AvgIpc) is 2.77. The average molecular weight is 481 g/mol. The summed E-state index contributed by atoms with van der Waals surface area (Å²) in [5.74, 6) is -0.0845. The number of nitrogens with zero attached hydrogens (tertiary/aromatic N) is 1. The summed E-state index contributed by atoms with van der Waals surface area (Å²) in [6.45, 7) is 9.93. The number of hydrazine groups is 1. The number of carbonyl (C=O) groups is 2. The summed E-state index contributed by atoms with van der Waals surface area (Å²) < 4.78 is 5.33. The molecule has 0 aromatic carbocycles. The molecule has 5 nitrogen and oxygen atoms in total. The minimum Gasteiger partial charge on any atom is -0.443 e. The van der Waals surface area contributed by atoms with Gasteiger partial charge in [0.25, 0.3) is 0 Å². The van der Waals surface area contributed by atoms with Gasteiger partial charge >= 0.3 is 6.09 Å². The van der Waals surface area contributed by atoms with Crippen molar-refractivity contribution in [1.29, 1.82) is 0 Å². The van der Waals surface area contributed by atoms with E-state index in [0.29, 0.717) is 6.42 Å². The number of allylic oxidation sites excluding steroid dienone is 1. The van der Waals surface area contributed by atoms with E-state index in [0.717, 1.165) is 25.7 Å². The molecule has 0 aliphatic heterocycles. The Morgan fingerprint density at radius 1 is 0.706 bits per heavy atom. The number of nitrogens with one attached hydrogen (secondary N) is 1. The Bertz CT molecular complexity index is 526. The predicted octanol–water partition coefficient (Wildman–Crippen LogP) is 9.22. The van der Waals surface area contributed by atoms with Crippen LogP contribution in [0, 0.1) is 0 Å². The second-order valence-electron chi connectivity index (χ2n) is 10.6. The lowest BCUT2D eigenvalue weighted by atomic mass is 10.1. The van der Waals surface area contributed by atoms with Gasteiger partial charge in [0.15, 0.2) is 0 Å². The fourth-order valence-electron chi connectivity index (χ4n) is 3.87. The van der Waals surface area contributed by atoms with Gasteiger partial charge in [0.05, 0.1) is 0 Å². The summed E-state index contributed by atoms with van der Waals surface area (Å²) in [6.07, 6.45) is 25.6. The summed E-state index contributed by atoms with van der Waals surface area (Å²) in [4.78, 5) is 24.9. The van der Waals surface area contributed by atoms with Crippen molar-refractivity contribution in [3.63, 3.8) is 0 Å². The summed E-state index contributed by atoms with van der Waals surface area (Å²) in [5, 5.41) is 1.32. The van der Waals surface area contributed by atoms with Gasteiger partial charge in [-0.2, -0.15) is 0 Å². The highest BCUT2D eigenvalue weighted by Crippen LogP contribution is 2.13. The Hall–Kier alpha value is -1.52. The molecule has 2 amide bonds. The van der Waals surface area contributed by atoms with Crippen molar-refractivity contribution in [2.24, 2.45) is 0 Å². The van der Waals surface area contributed by atoms with E-state index in [-0.39, 0.29) is 5.91 Å². The van der Waals surface area contributed by atoms with Crippen molar-refractivity contribution in [1.82, 2.24) is 10.4 Å². The van der Waals surface area contributed by atoms with Gasteiger partial charge in [0.2, 0.25) is 5.91 Å². The topological polar surface area (TPSA) is 58.6 Å². The molecule has 0 saturated carbocycles. The van der Waals surface area contributed by atoms with Gasteiger partial charge in [-0.1, -0.05) is 116 Å². The highest BCUT2D eigenvalue weighted by atomic mass is 16.6. The number of hydrogen-bond donors (Lipinski definition) is 1. The predicted molar refractivity (Wildman–Crippen MR) is 144 cm³/mol. The molecule has 0 radical (unpaired) electrons. The van der Waals surface area contributed by atoms with Crippen LogP contribution in [0.2, 0.25) is 0 Å². The second-order valence-corrected chi connectivity index (χ2v) is 10.6. The van der Waals surface area contributed by atoms with Gasteiger partial charge < -0.3 is 4.74 Å². The van der Waals surface area contributed by atoms with Crippen molar-refractivity contribution in [3.8, 4) is 0 Å². The van der Waals surface area contributed by atoms with Crippen molar-refractivity contribution in [2.75, 3.05) is 0 Å². The Morgan fingerprint density at radius 3 is 1.62 bits per heavy atom. The maximum Gasteiger partial charge on any atom is 0.427 e. The SMILES string of the molecule is CCCCCCCCCCCC/C=C\N(NC(=O)OC(C)(C)C)C(=O)CCCCCCCCC. The van der Waals surface area contributed by atoms with Gasteiger partial charge in [0, 0.05) is 12.6 Å². The molecule has 0 unspecified atom stereocenters. The van der Waals surface area contributed by atoms with Gasteiger partial charge in [-0.05, 0) is 40.0 Å². The lowest BCUT2D eigenvalue weighted by Crippen LogP contribution is -2.44. The smallest absolute Gasteiger partial charge is 0.427 e. The third-order valence-corrected chi connectivity index (χ3v) is 5.85. The number of hydrogen-bond acceptors (Lipinski definition) is 3. The first-order valence-corrected chi connectivity index (χ1v) is 14.3. The molecule has 5 heteroatoms. The zero-order valence-corrected chi connectivity index (χ0v) is 23.3. The summed E-state index contributed by atoms with van der Waals surface area (Å²) in [7, 11) is 0. The fraction of sp³-hybridized carbons (Fsp3) is 0.862. The molecule has 200 valence electrons. The molecule has 0 fully saturated rings. The van der Waals surface area contributed by atoms with Crippen LogP contribution in [0.1, 0.15) is 157 Å². The van der Waals surface area contributed by atoms with E-state index in [9.17, 15) is 9.59 Å². The standard InChI is InChI=1S/C29H56N2O3/c1-6-8-10-12-14-15-16-17-18-20-22-24-26-31(30-28(33)34-29(3,4)5)27(32)25-23-21-19-13-11-9-7-2/h24,26H,6-23,25H2,1-5H3,(H,30,33)/b26-24-. The zero-order valence-electron chi connectivity index (χ0n) is 23.3. The highest BCUT2D eigenvalue weighted by molar-refractivity contribution is 5.80. The van der Waals surface area contributed by atoms with Crippen molar-refractivity contribution >= 4 is 12.0 Å². The first-order valence-electron chi connectivity index (χ1n) is 14.3. The minimum absolute atomic E-state index is 0.0845. The maximum absolute atomic E-state index is 12.7. The molecule has 0 spiro atoms. The van der Waals surface area contributed by atoms with Crippen LogP contribution in [-0.2, 0) is 9.53 Å². The van der Waals surface area contributed by atoms with E-state index >= 15 is 0 Å². The van der Waals surface area contributed by atoms with Gasteiger partial charge in [-0.3, -0.25) is 4.79 Å². The lowest BCUT2D eigenvalue weighted by Gasteiger charge is -2.24. The Morgan fingerprint density at radius 2 is 1.15 bits per heavy atom. The van der Waals surface area contributed by atoms with Crippen LogP contribution in [-0.4, -0.2) is 22.6 Å². The summed E-state index contributed by atoms with van der Waals surface area (Å²) >= 11 is 0. The Balaban J connectivity index is 4.29. The van der Waals surface area contributed by atoms with E-state index < -0.39 is 11.7 Å². The molecule has 0 aromatic rings. The number of amides is 2. The lowest BCUT2D eigenvalue weighted by molar-refractivity contribution is -0.131. The molecule has 0 rings (SSSR count). The highest BCUT2D eigenvalue weighted by Gasteiger charge is 2.20. The molecule has 0 atom stereocenters. The van der Waals surface area contributed by atoms with Crippen LogP contribution in [0.4, 0.5) is 4.79 Å². The van der Waals surface area contributed by atoms with E-state index in [1.165, 1.54) is 94.9 Å². The van der Waals surface area contributed by atoms with Gasteiger partial charge in [-0.25, -0.2) is 15.2 Å². The van der Waals surface area contributed by atoms with Crippen molar-refractivity contribution in [3.05, 3.63) is 12.3 Å². The van der Waals surface area contributed by atoms with E-state index in [1.807, 2.05) is 26.8 Å². The molecule has 0 heterocycles. The Kier molecular flexibility index (Phi) is 21.0. The van der Waals surface area contributed by atoms with Crippen LogP contribution < -0.4 is 5.43 Å². The Labute approximate surface area is 211 Å². The van der Waals surface area contributed by atoms with Crippen molar-refractivity contribution < 1.29 is 14.3 Å². The molecule has 0 saturated heterocycles. The maximum atomic E-state index is 12.7. The first kappa shape index (κ1) is 32.5. The quantitative estimate of drug-likeness (QED) is 0.139. The van der Waals surface area contributed by atoms with Gasteiger partial charge in [0.1, 0.15) is 5.60 Å². The molecule has 1 N–H and O–H groups in total. The number of unbranched alkanes of at least 4 members (excludes halogenated alkanes) is 16. The van der Waals surface area contributed by atoms with Crippen LogP contribution >= 0.6 is 0 Å². The summed E-state index contributed by atoms with van der Waals surface area (Å²) in [5.41, 5.74) is 2.02. The number of ether oxygens (including phenoxy) is 1. The van der Waals surface area contributed by atoms with E-state index in [1.54, 1.807) is 6.20 Å². The van der Waals surface area contributed by atoms with Crippen LogP contribution in [0.25, 0.3) is 0 Å².